The molecule has 3 aromatic carbocycles. The van der Waals surface area contributed by atoms with Gasteiger partial charge in [0.05, 0.1) is 18.8 Å². The molecule has 0 unspecified atom stereocenters. The highest BCUT2D eigenvalue weighted by molar-refractivity contribution is 6.07. The first-order chi connectivity index (χ1) is 16.0. The van der Waals surface area contributed by atoms with E-state index in [1.807, 2.05) is 60.7 Å². The van der Waals surface area contributed by atoms with E-state index < -0.39 is 6.04 Å². The predicted octanol–water partition coefficient (Wildman–Crippen LogP) is 4.71. The third-order valence-electron chi connectivity index (χ3n) is 5.76. The predicted molar refractivity (Wildman–Crippen MR) is 127 cm³/mol. The van der Waals surface area contributed by atoms with E-state index >= 15 is 0 Å². The maximum atomic E-state index is 13.4. The summed E-state index contributed by atoms with van der Waals surface area (Å²) in [5.74, 6) is 0.123. The molecule has 33 heavy (non-hydrogen) atoms. The van der Waals surface area contributed by atoms with Crippen LogP contribution in [-0.2, 0) is 11.2 Å². The number of Topliss-reactive ketones (excluding diaryl/α,β-unsaturated/α-hetero) is 1. The molecule has 4 rings (SSSR count). The fourth-order valence-corrected chi connectivity index (χ4v) is 4.16. The monoisotopic (exact) mass is 442 g/mol. The van der Waals surface area contributed by atoms with E-state index in [0.29, 0.717) is 29.8 Å². The summed E-state index contributed by atoms with van der Waals surface area (Å²) < 4.78 is 5.25. The van der Waals surface area contributed by atoms with Crippen LogP contribution < -0.4 is 10.1 Å². The summed E-state index contributed by atoms with van der Waals surface area (Å²) in [6.45, 7) is 1.93. The number of urea groups is 1. The third-order valence-corrected chi connectivity index (χ3v) is 5.76. The van der Waals surface area contributed by atoms with Crippen LogP contribution in [0.3, 0.4) is 0 Å². The molecule has 6 nitrogen and oxygen atoms in total. The molecule has 1 heterocycles. The van der Waals surface area contributed by atoms with E-state index in [4.69, 9.17) is 4.74 Å². The molecule has 1 aliphatic heterocycles. The number of ketones is 1. The maximum absolute atomic E-state index is 13.4. The van der Waals surface area contributed by atoms with Crippen molar-refractivity contribution in [1.29, 1.82) is 0 Å². The first kappa shape index (κ1) is 22.1. The van der Waals surface area contributed by atoms with E-state index in [9.17, 15) is 14.7 Å². The van der Waals surface area contributed by atoms with Gasteiger partial charge in [0.25, 0.3) is 0 Å². The molecule has 0 aliphatic carbocycles. The van der Waals surface area contributed by atoms with Crippen molar-refractivity contribution < 1.29 is 19.4 Å². The SMILES string of the molecule is COc1cc([C@H]2NC(=O)N(CCc3ccccc3)C(c3ccccc3)=C2C(C)=O)ccc1O. The average molecular weight is 443 g/mol. The molecule has 1 atom stereocenters. The molecule has 3 aromatic rings. The first-order valence-corrected chi connectivity index (χ1v) is 10.8. The number of phenols is 1. The number of aromatic hydroxyl groups is 1. The zero-order chi connectivity index (χ0) is 23.4. The fourth-order valence-electron chi connectivity index (χ4n) is 4.16. The van der Waals surface area contributed by atoms with Gasteiger partial charge in [-0.25, -0.2) is 4.79 Å². The standard InChI is InChI=1S/C27H26N2O4/c1-18(30)24-25(21-13-14-22(31)23(17-21)33-2)28-27(32)29(16-15-19-9-5-3-6-10-19)26(24)20-11-7-4-8-12-20/h3-14,17,25,31H,15-16H2,1-2H3,(H,28,32)/t25-/m1/s1. The molecule has 168 valence electrons. The zero-order valence-corrected chi connectivity index (χ0v) is 18.6. The molecule has 0 bridgehead atoms. The Labute approximate surface area is 193 Å². The number of benzene rings is 3. The van der Waals surface area contributed by atoms with Crippen molar-refractivity contribution in [2.24, 2.45) is 0 Å². The Morgan fingerprint density at radius 2 is 1.70 bits per heavy atom. The number of rotatable bonds is 7. The number of nitrogens with zero attached hydrogens (tertiary/aromatic N) is 1. The number of methoxy groups -OCH3 is 1. The highest BCUT2D eigenvalue weighted by Gasteiger charge is 2.36. The highest BCUT2D eigenvalue weighted by atomic mass is 16.5. The smallest absolute Gasteiger partial charge is 0.322 e. The quantitative estimate of drug-likeness (QED) is 0.555. The number of nitrogens with one attached hydrogen (secondary N) is 1. The van der Waals surface area contributed by atoms with Crippen molar-refractivity contribution in [3.63, 3.8) is 0 Å². The maximum Gasteiger partial charge on any atom is 0.322 e. The minimum absolute atomic E-state index is 0.00971. The van der Waals surface area contributed by atoms with Gasteiger partial charge in [-0.3, -0.25) is 9.69 Å². The lowest BCUT2D eigenvalue weighted by atomic mass is 9.89. The Kier molecular flexibility index (Phi) is 6.45. The van der Waals surface area contributed by atoms with Gasteiger partial charge in [-0.05, 0) is 42.2 Å². The molecule has 0 spiro atoms. The van der Waals surface area contributed by atoms with E-state index in [1.165, 1.54) is 20.1 Å². The van der Waals surface area contributed by atoms with Crippen LogP contribution in [0.25, 0.3) is 5.70 Å². The molecule has 2 N–H and O–H groups in total. The van der Waals surface area contributed by atoms with Crippen LogP contribution in [-0.4, -0.2) is 35.5 Å². The molecular formula is C27H26N2O4. The number of carbonyl (C=O) groups is 2. The summed E-state index contributed by atoms with van der Waals surface area (Å²) in [5.41, 5.74) is 3.63. The Hall–Kier alpha value is -4.06. The number of amides is 2. The molecule has 0 saturated carbocycles. The minimum Gasteiger partial charge on any atom is -0.504 e. The van der Waals surface area contributed by atoms with Crippen LogP contribution in [0.4, 0.5) is 4.79 Å². The van der Waals surface area contributed by atoms with Crippen molar-refractivity contribution in [3.05, 3.63) is 101 Å². The van der Waals surface area contributed by atoms with E-state index in [0.717, 1.165) is 11.1 Å². The second kappa shape index (κ2) is 9.61. The van der Waals surface area contributed by atoms with E-state index in [-0.39, 0.29) is 23.3 Å². The fraction of sp³-hybridized carbons (Fsp3) is 0.185. The van der Waals surface area contributed by atoms with Gasteiger partial charge in [0, 0.05) is 12.1 Å². The van der Waals surface area contributed by atoms with Crippen LogP contribution in [0.1, 0.15) is 29.7 Å². The summed E-state index contributed by atoms with van der Waals surface area (Å²) in [4.78, 5) is 28.0. The lowest BCUT2D eigenvalue weighted by Crippen LogP contribution is -2.48. The molecule has 0 aromatic heterocycles. The van der Waals surface area contributed by atoms with Crippen molar-refractivity contribution >= 4 is 17.5 Å². The molecule has 0 fully saturated rings. The largest absolute Gasteiger partial charge is 0.504 e. The summed E-state index contributed by atoms with van der Waals surface area (Å²) in [6, 6.07) is 23.3. The normalized spacial score (nSPS) is 15.9. The number of carbonyl (C=O) groups excluding carboxylic acids is 2. The van der Waals surface area contributed by atoms with Crippen molar-refractivity contribution in [2.45, 2.75) is 19.4 Å². The van der Waals surface area contributed by atoms with Gasteiger partial charge in [-0.2, -0.15) is 0 Å². The van der Waals surface area contributed by atoms with Gasteiger partial charge in [0.2, 0.25) is 0 Å². The summed E-state index contributed by atoms with van der Waals surface area (Å²) in [5, 5.41) is 13.0. The topological polar surface area (TPSA) is 78.9 Å². The van der Waals surface area contributed by atoms with Gasteiger partial charge in [0.15, 0.2) is 17.3 Å². The summed E-state index contributed by atoms with van der Waals surface area (Å²) >= 11 is 0. The van der Waals surface area contributed by atoms with Gasteiger partial charge in [-0.15, -0.1) is 0 Å². The van der Waals surface area contributed by atoms with Gasteiger partial charge in [-0.1, -0.05) is 66.7 Å². The van der Waals surface area contributed by atoms with E-state index in [1.54, 1.807) is 17.0 Å². The van der Waals surface area contributed by atoms with Gasteiger partial charge in [0.1, 0.15) is 0 Å². The van der Waals surface area contributed by atoms with Crippen LogP contribution >= 0.6 is 0 Å². The second-order valence-electron chi connectivity index (χ2n) is 7.89. The molecular weight excluding hydrogens is 416 g/mol. The first-order valence-electron chi connectivity index (χ1n) is 10.8. The van der Waals surface area contributed by atoms with Crippen molar-refractivity contribution in [2.75, 3.05) is 13.7 Å². The Bertz CT molecular complexity index is 1190. The van der Waals surface area contributed by atoms with Crippen LogP contribution in [0.15, 0.2) is 84.4 Å². The van der Waals surface area contributed by atoms with Gasteiger partial charge >= 0.3 is 6.03 Å². The van der Waals surface area contributed by atoms with Crippen LogP contribution in [0.5, 0.6) is 11.5 Å². The Balaban J connectivity index is 1.84. The Morgan fingerprint density at radius 3 is 2.33 bits per heavy atom. The highest BCUT2D eigenvalue weighted by Crippen LogP contribution is 2.38. The lowest BCUT2D eigenvalue weighted by Gasteiger charge is -2.37. The zero-order valence-electron chi connectivity index (χ0n) is 18.6. The summed E-state index contributed by atoms with van der Waals surface area (Å²) in [7, 11) is 1.46. The number of hydrogen-bond acceptors (Lipinski definition) is 4. The van der Waals surface area contributed by atoms with Crippen LogP contribution in [0.2, 0.25) is 0 Å². The number of phenolic OH excluding ortho intramolecular Hbond substituents is 1. The third kappa shape index (κ3) is 4.60. The second-order valence-corrected chi connectivity index (χ2v) is 7.89. The number of ether oxygens (including phenoxy) is 1. The van der Waals surface area contributed by atoms with Crippen molar-refractivity contribution in [1.82, 2.24) is 10.2 Å². The summed E-state index contributed by atoms with van der Waals surface area (Å²) in [6.07, 6.45) is 0.646. The Morgan fingerprint density at radius 1 is 1.03 bits per heavy atom. The average Bonchev–Trinajstić information content (AvgIpc) is 2.84. The molecule has 6 heteroatoms. The van der Waals surface area contributed by atoms with E-state index in [2.05, 4.69) is 5.32 Å². The lowest BCUT2D eigenvalue weighted by molar-refractivity contribution is -0.114. The molecule has 2 amide bonds. The number of hydrogen-bond donors (Lipinski definition) is 2. The molecule has 0 saturated heterocycles. The molecule has 0 radical (unpaired) electrons. The van der Waals surface area contributed by atoms with Gasteiger partial charge < -0.3 is 15.2 Å². The van der Waals surface area contributed by atoms with Crippen LogP contribution in [0, 0.1) is 0 Å². The minimum atomic E-state index is -0.673. The molecule has 1 aliphatic rings. The van der Waals surface area contributed by atoms with Crippen molar-refractivity contribution in [3.8, 4) is 11.5 Å².